The zero-order valence-corrected chi connectivity index (χ0v) is 10.0. The maximum atomic E-state index is 5.79. The van der Waals surface area contributed by atoms with Crippen LogP contribution in [0, 0.1) is 0 Å². The summed E-state index contributed by atoms with van der Waals surface area (Å²) in [5, 5.41) is 3.25. The highest BCUT2D eigenvalue weighted by Gasteiger charge is 2.27. The number of rotatable bonds is 4. The lowest BCUT2D eigenvalue weighted by atomic mass is 10.3. The molecule has 0 saturated heterocycles. The van der Waals surface area contributed by atoms with Crippen molar-refractivity contribution in [2.24, 2.45) is 0 Å². The van der Waals surface area contributed by atoms with E-state index in [2.05, 4.69) is 20.3 Å². The second-order valence-corrected chi connectivity index (χ2v) is 4.53. The quantitative estimate of drug-likeness (QED) is 0.855. The first-order valence-electron chi connectivity index (χ1n) is 6.08. The van der Waals surface area contributed by atoms with Gasteiger partial charge in [0, 0.05) is 30.9 Å². The molecule has 5 nitrogen and oxygen atoms in total. The number of nitrogens with zero attached hydrogens (tertiary/aromatic N) is 3. The van der Waals surface area contributed by atoms with Gasteiger partial charge in [0.15, 0.2) is 0 Å². The largest absolute Gasteiger partial charge is 0.384 e. The fourth-order valence-electron chi connectivity index (χ4n) is 1.80. The third-order valence-corrected chi connectivity index (χ3v) is 2.90. The van der Waals surface area contributed by atoms with Gasteiger partial charge in [0.25, 0.3) is 0 Å². The van der Waals surface area contributed by atoms with E-state index in [0.29, 0.717) is 18.3 Å². The van der Waals surface area contributed by atoms with Gasteiger partial charge in [-0.3, -0.25) is 4.98 Å². The third kappa shape index (κ3) is 2.56. The zero-order chi connectivity index (χ0) is 12.4. The maximum Gasteiger partial charge on any atom is 0.136 e. The Morgan fingerprint density at radius 1 is 1.33 bits per heavy atom. The average molecular weight is 241 g/mol. The molecular weight excluding hydrogens is 226 g/mol. The van der Waals surface area contributed by atoms with Gasteiger partial charge in [0.05, 0.1) is 0 Å². The van der Waals surface area contributed by atoms with Crippen molar-refractivity contribution < 1.29 is 0 Å². The maximum absolute atomic E-state index is 5.79. The Balaban J connectivity index is 1.72. The van der Waals surface area contributed by atoms with Gasteiger partial charge in [-0.2, -0.15) is 0 Å². The number of hydrogen-bond donors (Lipinski definition) is 2. The number of hydrogen-bond acceptors (Lipinski definition) is 5. The second-order valence-electron chi connectivity index (χ2n) is 4.53. The van der Waals surface area contributed by atoms with Gasteiger partial charge in [-0.15, -0.1) is 0 Å². The molecule has 0 aromatic carbocycles. The fourth-order valence-corrected chi connectivity index (χ4v) is 1.80. The van der Waals surface area contributed by atoms with Crippen LogP contribution in [-0.2, 0) is 6.54 Å². The molecule has 0 unspecified atom stereocenters. The van der Waals surface area contributed by atoms with E-state index in [1.54, 1.807) is 12.3 Å². The first-order chi connectivity index (χ1) is 8.81. The minimum atomic E-state index is 0.507. The van der Waals surface area contributed by atoms with Gasteiger partial charge >= 0.3 is 0 Å². The van der Waals surface area contributed by atoms with Crippen LogP contribution < -0.4 is 11.1 Å². The molecule has 0 bridgehead atoms. The number of nitrogen functional groups attached to an aromatic ring is 1. The highest BCUT2D eigenvalue weighted by molar-refractivity contribution is 5.45. The van der Waals surface area contributed by atoms with Crippen molar-refractivity contribution in [3.8, 4) is 0 Å². The lowest BCUT2D eigenvalue weighted by molar-refractivity contribution is 0.925. The third-order valence-electron chi connectivity index (χ3n) is 2.90. The van der Waals surface area contributed by atoms with Crippen LogP contribution in [0.4, 0.5) is 11.6 Å². The Hall–Kier alpha value is -2.17. The number of aromatic nitrogens is 3. The minimum absolute atomic E-state index is 0.507. The van der Waals surface area contributed by atoms with E-state index in [-0.39, 0.29) is 0 Å². The molecule has 0 spiro atoms. The van der Waals surface area contributed by atoms with Crippen LogP contribution in [0.3, 0.4) is 0 Å². The summed E-state index contributed by atoms with van der Waals surface area (Å²) < 4.78 is 0. The Bertz CT molecular complexity index is 536. The first-order valence-corrected chi connectivity index (χ1v) is 6.08. The molecule has 5 heteroatoms. The molecule has 2 aromatic rings. The lowest BCUT2D eigenvalue weighted by Gasteiger charge is -2.07. The molecule has 0 radical (unpaired) electrons. The Morgan fingerprint density at radius 2 is 2.22 bits per heavy atom. The van der Waals surface area contributed by atoms with Crippen molar-refractivity contribution >= 4 is 11.6 Å². The van der Waals surface area contributed by atoms with Gasteiger partial charge in [-0.25, -0.2) is 9.97 Å². The fraction of sp³-hybridized carbons (Fsp3) is 0.308. The van der Waals surface area contributed by atoms with E-state index in [1.165, 1.54) is 12.8 Å². The topological polar surface area (TPSA) is 76.7 Å². The van der Waals surface area contributed by atoms with Crippen LogP contribution in [-0.4, -0.2) is 15.0 Å². The van der Waals surface area contributed by atoms with E-state index in [0.717, 1.165) is 17.2 Å². The van der Waals surface area contributed by atoms with Crippen molar-refractivity contribution in [2.45, 2.75) is 25.3 Å². The standard InChI is InChI=1S/C13H15N5/c14-11-6-12(18-13(17-11)10-3-4-10)16-8-9-2-1-5-15-7-9/h1-2,5-7,10H,3-4,8H2,(H3,14,16,17,18). The highest BCUT2D eigenvalue weighted by atomic mass is 15.1. The molecule has 1 aliphatic rings. The molecule has 2 heterocycles. The molecule has 1 fully saturated rings. The Morgan fingerprint density at radius 3 is 2.94 bits per heavy atom. The number of pyridine rings is 1. The highest BCUT2D eigenvalue weighted by Crippen LogP contribution is 2.38. The molecule has 0 amide bonds. The zero-order valence-electron chi connectivity index (χ0n) is 10.0. The predicted octanol–water partition coefficient (Wildman–Crippen LogP) is 1.94. The van der Waals surface area contributed by atoms with Gasteiger partial charge in [-0.05, 0) is 24.5 Å². The summed E-state index contributed by atoms with van der Waals surface area (Å²) in [6.45, 7) is 0.689. The molecule has 0 aliphatic heterocycles. The van der Waals surface area contributed by atoms with Crippen LogP contribution in [0.15, 0.2) is 30.6 Å². The number of anilines is 2. The molecule has 92 valence electrons. The Labute approximate surface area is 105 Å². The molecule has 1 saturated carbocycles. The molecule has 3 rings (SSSR count). The average Bonchev–Trinajstić information content (AvgIpc) is 3.21. The van der Waals surface area contributed by atoms with E-state index in [1.807, 2.05) is 18.3 Å². The predicted molar refractivity (Wildman–Crippen MR) is 70.0 cm³/mol. The van der Waals surface area contributed by atoms with Crippen molar-refractivity contribution in [1.82, 2.24) is 15.0 Å². The van der Waals surface area contributed by atoms with Crippen molar-refractivity contribution in [3.63, 3.8) is 0 Å². The van der Waals surface area contributed by atoms with Crippen molar-refractivity contribution in [1.29, 1.82) is 0 Å². The summed E-state index contributed by atoms with van der Waals surface area (Å²) in [4.78, 5) is 12.8. The molecule has 0 atom stereocenters. The molecule has 3 N–H and O–H groups in total. The van der Waals surface area contributed by atoms with E-state index >= 15 is 0 Å². The van der Waals surface area contributed by atoms with Crippen LogP contribution >= 0.6 is 0 Å². The lowest BCUT2D eigenvalue weighted by Crippen LogP contribution is -2.06. The van der Waals surface area contributed by atoms with Crippen LogP contribution in [0.25, 0.3) is 0 Å². The van der Waals surface area contributed by atoms with Crippen LogP contribution in [0.2, 0.25) is 0 Å². The van der Waals surface area contributed by atoms with E-state index in [9.17, 15) is 0 Å². The molecular formula is C13H15N5. The first kappa shape index (κ1) is 11.0. The van der Waals surface area contributed by atoms with Crippen molar-refractivity contribution in [2.75, 3.05) is 11.1 Å². The second kappa shape index (κ2) is 4.60. The molecule has 2 aromatic heterocycles. The number of nitrogens with one attached hydrogen (secondary N) is 1. The van der Waals surface area contributed by atoms with Gasteiger partial charge in [0.2, 0.25) is 0 Å². The SMILES string of the molecule is Nc1cc(NCc2cccnc2)nc(C2CC2)n1. The van der Waals surface area contributed by atoms with Crippen molar-refractivity contribution in [3.05, 3.63) is 42.0 Å². The summed E-state index contributed by atoms with van der Waals surface area (Å²) in [6, 6.07) is 5.70. The van der Waals surface area contributed by atoms with E-state index in [4.69, 9.17) is 5.73 Å². The monoisotopic (exact) mass is 241 g/mol. The smallest absolute Gasteiger partial charge is 0.136 e. The van der Waals surface area contributed by atoms with Crippen LogP contribution in [0.1, 0.15) is 30.1 Å². The normalized spacial score (nSPS) is 14.4. The van der Waals surface area contributed by atoms with Gasteiger partial charge in [0.1, 0.15) is 17.5 Å². The van der Waals surface area contributed by atoms with Crippen LogP contribution in [0.5, 0.6) is 0 Å². The summed E-state index contributed by atoms with van der Waals surface area (Å²) >= 11 is 0. The summed E-state index contributed by atoms with van der Waals surface area (Å²) in [5.74, 6) is 2.69. The minimum Gasteiger partial charge on any atom is -0.384 e. The van der Waals surface area contributed by atoms with Gasteiger partial charge in [-0.1, -0.05) is 6.07 Å². The molecule has 18 heavy (non-hydrogen) atoms. The summed E-state index contributed by atoms with van der Waals surface area (Å²) in [5.41, 5.74) is 6.90. The number of nitrogens with two attached hydrogens (primary N) is 1. The molecule has 1 aliphatic carbocycles. The van der Waals surface area contributed by atoms with Gasteiger partial charge < -0.3 is 11.1 Å². The Kier molecular flexibility index (Phi) is 2.80. The summed E-state index contributed by atoms with van der Waals surface area (Å²) in [7, 11) is 0. The van der Waals surface area contributed by atoms with E-state index < -0.39 is 0 Å². The summed E-state index contributed by atoms with van der Waals surface area (Å²) in [6.07, 6.45) is 5.94.